The Bertz CT molecular complexity index is 588. The smallest absolute Gasteiger partial charge is 0.233 e. The van der Waals surface area contributed by atoms with Gasteiger partial charge in [-0.25, -0.2) is 4.39 Å². The average molecular weight is 294 g/mol. The van der Waals surface area contributed by atoms with E-state index in [0.717, 1.165) is 0 Å². The van der Waals surface area contributed by atoms with Crippen LogP contribution >= 0.6 is 11.6 Å². The minimum atomic E-state index is -0.428. The first kappa shape index (κ1) is 13.3. The Hall–Kier alpha value is -1.68. The third-order valence-corrected chi connectivity index (χ3v) is 4.30. The Morgan fingerprint density at radius 2 is 1.75 bits per heavy atom. The van der Waals surface area contributed by atoms with Crippen LogP contribution in [-0.4, -0.2) is 16.7 Å². The van der Waals surface area contributed by atoms with E-state index in [0.29, 0.717) is 23.4 Å². The summed E-state index contributed by atoms with van der Waals surface area (Å²) in [7, 11) is 0. The molecule has 1 aliphatic heterocycles. The average Bonchev–Trinajstić information content (AvgIpc) is 2.68. The van der Waals surface area contributed by atoms with Gasteiger partial charge < -0.3 is 0 Å². The second kappa shape index (κ2) is 5.02. The molecule has 0 saturated carbocycles. The second-order valence-corrected chi connectivity index (χ2v) is 5.56. The van der Waals surface area contributed by atoms with Crippen LogP contribution in [0.2, 0.25) is 5.02 Å². The van der Waals surface area contributed by atoms with Gasteiger partial charge in [0.15, 0.2) is 0 Å². The molecule has 0 spiro atoms. The van der Waals surface area contributed by atoms with Gasteiger partial charge in [0.05, 0.1) is 18.4 Å². The summed E-state index contributed by atoms with van der Waals surface area (Å²) in [6.07, 6.45) is 5.07. The Labute approximate surface area is 121 Å². The molecule has 3 nitrogen and oxygen atoms in total. The normalized spacial score (nSPS) is 25.2. The fourth-order valence-electron chi connectivity index (χ4n) is 2.86. The summed E-state index contributed by atoms with van der Waals surface area (Å²) in [5, 5.41) is 0.361. The zero-order valence-electron chi connectivity index (χ0n) is 10.7. The molecular formula is C15H13ClFNO2. The summed E-state index contributed by atoms with van der Waals surface area (Å²) in [6, 6.07) is 3.96. The summed E-state index contributed by atoms with van der Waals surface area (Å²) >= 11 is 5.99. The SMILES string of the molecule is O=C1[C@@H]2CC=CC[C@H]2C(=O)N1Cc1cc(F)ccc1Cl. The van der Waals surface area contributed by atoms with Crippen LogP contribution < -0.4 is 0 Å². The van der Waals surface area contributed by atoms with Crippen molar-refractivity contribution in [3.63, 3.8) is 0 Å². The largest absolute Gasteiger partial charge is 0.278 e. The van der Waals surface area contributed by atoms with Crippen LogP contribution in [0.4, 0.5) is 4.39 Å². The number of carbonyl (C=O) groups is 2. The molecule has 1 saturated heterocycles. The van der Waals surface area contributed by atoms with Gasteiger partial charge in [0, 0.05) is 5.02 Å². The number of amides is 2. The molecule has 20 heavy (non-hydrogen) atoms. The van der Waals surface area contributed by atoms with Crippen LogP contribution in [-0.2, 0) is 16.1 Å². The van der Waals surface area contributed by atoms with Gasteiger partial charge in [-0.2, -0.15) is 0 Å². The predicted octanol–water partition coefficient (Wildman–Crippen LogP) is 2.93. The van der Waals surface area contributed by atoms with Gasteiger partial charge in [-0.05, 0) is 36.6 Å². The molecule has 0 unspecified atom stereocenters. The first-order chi connectivity index (χ1) is 9.58. The standard InChI is InChI=1S/C15H13ClFNO2/c16-13-6-5-10(17)7-9(13)8-18-14(19)11-3-1-2-4-12(11)15(18)20/h1-2,5-7,11-12H,3-4,8H2/t11-,12-/m1/s1. The van der Waals surface area contributed by atoms with E-state index >= 15 is 0 Å². The van der Waals surface area contributed by atoms with E-state index in [9.17, 15) is 14.0 Å². The number of hydrogen-bond acceptors (Lipinski definition) is 2. The number of hydrogen-bond donors (Lipinski definition) is 0. The van der Waals surface area contributed by atoms with Crippen molar-refractivity contribution in [3.05, 3.63) is 46.8 Å². The third kappa shape index (κ3) is 2.14. The number of benzene rings is 1. The predicted molar refractivity (Wildman–Crippen MR) is 72.3 cm³/mol. The van der Waals surface area contributed by atoms with Crippen molar-refractivity contribution < 1.29 is 14.0 Å². The van der Waals surface area contributed by atoms with Crippen LogP contribution in [0.3, 0.4) is 0 Å². The Kier molecular flexibility index (Phi) is 3.34. The van der Waals surface area contributed by atoms with E-state index in [1.165, 1.54) is 23.1 Å². The van der Waals surface area contributed by atoms with Crippen molar-refractivity contribution in [2.24, 2.45) is 11.8 Å². The monoisotopic (exact) mass is 293 g/mol. The minimum Gasteiger partial charge on any atom is -0.278 e. The molecule has 2 aliphatic rings. The van der Waals surface area contributed by atoms with E-state index in [1.54, 1.807) is 0 Å². The van der Waals surface area contributed by atoms with Gasteiger partial charge in [0.25, 0.3) is 0 Å². The summed E-state index contributed by atoms with van der Waals surface area (Å²) in [4.78, 5) is 25.8. The van der Waals surface area contributed by atoms with E-state index in [2.05, 4.69) is 0 Å². The van der Waals surface area contributed by atoms with Gasteiger partial charge in [0.1, 0.15) is 5.82 Å². The van der Waals surface area contributed by atoms with Crippen molar-refractivity contribution in [1.29, 1.82) is 0 Å². The minimum absolute atomic E-state index is 0.0429. The number of imide groups is 1. The fraction of sp³-hybridized carbons (Fsp3) is 0.333. The third-order valence-electron chi connectivity index (χ3n) is 3.94. The number of allylic oxidation sites excluding steroid dienone is 2. The van der Waals surface area contributed by atoms with Crippen molar-refractivity contribution in [2.75, 3.05) is 0 Å². The summed E-state index contributed by atoms with van der Waals surface area (Å²) in [6.45, 7) is 0.0429. The maximum atomic E-state index is 13.3. The van der Waals surface area contributed by atoms with Crippen molar-refractivity contribution in [2.45, 2.75) is 19.4 Å². The van der Waals surface area contributed by atoms with Gasteiger partial charge in [-0.1, -0.05) is 23.8 Å². The van der Waals surface area contributed by atoms with Crippen LogP contribution in [0.5, 0.6) is 0 Å². The Balaban J connectivity index is 1.86. The van der Waals surface area contributed by atoms with Gasteiger partial charge in [-0.15, -0.1) is 0 Å². The van der Waals surface area contributed by atoms with Crippen LogP contribution in [0.25, 0.3) is 0 Å². The second-order valence-electron chi connectivity index (χ2n) is 5.15. The molecule has 1 aliphatic carbocycles. The molecule has 104 valence electrons. The van der Waals surface area contributed by atoms with Crippen molar-refractivity contribution in [1.82, 2.24) is 4.90 Å². The van der Waals surface area contributed by atoms with Crippen LogP contribution in [0.1, 0.15) is 18.4 Å². The van der Waals surface area contributed by atoms with Crippen LogP contribution in [0, 0.1) is 17.7 Å². The number of carbonyl (C=O) groups excluding carboxylic acids is 2. The van der Waals surface area contributed by atoms with E-state index < -0.39 is 5.82 Å². The quantitative estimate of drug-likeness (QED) is 0.621. The van der Waals surface area contributed by atoms with Crippen molar-refractivity contribution in [3.8, 4) is 0 Å². The molecule has 1 aromatic carbocycles. The lowest BCUT2D eigenvalue weighted by molar-refractivity contribution is -0.140. The van der Waals surface area contributed by atoms with E-state index in [1.807, 2.05) is 12.2 Å². The number of rotatable bonds is 2. The number of fused-ring (bicyclic) bond motifs is 1. The number of nitrogens with zero attached hydrogens (tertiary/aromatic N) is 1. The molecule has 0 aromatic heterocycles. The molecule has 1 aromatic rings. The van der Waals surface area contributed by atoms with E-state index in [4.69, 9.17) is 11.6 Å². The molecule has 5 heteroatoms. The zero-order chi connectivity index (χ0) is 14.3. The van der Waals surface area contributed by atoms with Gasteiger partial charge in [0.2, 0.25) is 11.8 Å². The number of likely N-dealkylation sites (tertiary alicyclic amines) is 1. The van der Waals surface area contributed by atoms with Crippen molar-refractivity contribution >= 4 is 23.4 Å². The molecule has 1 fully saturated rings. The molecule has 2 amide bonds. The number of halogens is 2. The summed E-state index contributed by atoms with van der Waals surface area (Å²) in [5.74, 6) is -1.31. The molecule has 0 bridgehead atoms. The fourth-order valence-corrected chi connectivity index (χ4v) is 3.04. The zero-order valence-corrected chi connectivity index (χ0v) is 11.4. The topological polar surface area (TPSA) is 37.4 Å². The molecular weight excluding hydrogens is 281 g/mol. The first-order valence-corrected chi connectivity index (χ1v) is 6.90. The Morgan fingerprint density at radius 1 is 1.15 bits per heavy atom. The lowest BCUT2D eigenvalue weighted by Crippen LogP contribution is -2.30. The highest BCUT2D eigenvalue weighted by atomic mass is 35.5. The lowest BCUT2D eigenvalue weighted by atomic mass is 9.85. The highest BCUT2D eigenvalue weighted by Crippen LogP contribution is 2.36. The van der Waals surface area contributed by atoms with E-state index in [-0.39, 0.29) is 30.2 Å². The maximum absolute atomic E-state index is 13.3. The molecule has 2 atom stereocenters. The Morgan fingerprint density at radius 3 is 2.35 bits per heavy atom. The first-order valence-electron chi connectivity index (χ1n) is 6.52. The van der Waals surface area contributed by atoms with Gasteiger partial charge in [-0.3, -0.25) is 14.5 Å². The maximum Gasteiger partial charge on any atom is 0.233 e. The van der Waals surface area contributed by atoms with Gasteiger partial charge >= 0.3 is 0 Å². The summed E-state index contributed by atoms with van der Waals surface area (Å²) in [5.41, 5.74) is 0.458. The highest BCUT2D eigenvalue weighted by molar-refractivity contribution is 6.31. The lowest BCUT2D eigenvalue weighted by Gasteiger charge is -2.15. The molecule has 0 radical (unpaired) electrons. The molecule has 3 rings (SSSR count). The van der Waals surface area contributed by atoms with Crippen LogP contribution in [0.15, 0.2) is 30.4 Å². The molecule has 1 heterocycles. The summed E-state index contributed by atoms with van der Waals surface area (Å²) < 4.78 is 13.3. The highest BCUT2D eigenvalue weighted by Gasteiger charge is 2.47. The molecule has 0 N–H and O–H groups in total.